The maximum absolute atomic E-state index is 12.5. The molecule has 5 nitrogen and oxygen atoms in total. The van der Waals surface area contributed by atoms with Gasteiger partial charge in [0.15, 0.2) is 0 Å². The first-order valence-electron chi connectivity index (χ1n) is 9.61. The summed E-state index contributed by atoms with van der Waals surface area (Å²) in [4.78, 5) is 12.5. The van der Waals surface area contributed by atoms with Crippen LogP contribution < -0.4 is 15.4 Å². The van der Waals surface area contributed by atoms with Gasteiger partial charge in [0, 0.05) is 55.7 Å². The van der Waals surface area contributed by atoms with Crippen molar-refractivity contribution in [1.82, 2.24) is 10.6 Å². The van der Waals surface area contributed by atoms with E-state index in [2.05, 4.69) is 22.8 Å². The van der Waals surface area contributed by atoms with E-state index < -0.39 is 0 Å². The van der Waals surface area contributed by atoms with Gasteiger partial charge in [-0.05, 0) is 37.5 Å². The van der Waals surface area contributed by atoms with Crippen LogP contribution in [0.4, 0.5) is 0 Å². The second-order valence-corrected chi connectivity index (χ2v) is 8.21. The molecular weight excluding hydrogens is 348 g/mol. The lowest BCUT2D eigenvalue weighted by molar-refractivity contribution is -0.122. The number of thioether (sulfide) groups is 1. The quantitative estimate of drug-likeness (QED) is 0.763. The van der Waals surface area contributed by atoms with E-state index in [0.29, 0.717) is 25.6 Å². The molecule has 1 unspecified atom stereocenters. The minimum absolute atomic E-state index is 0.0482. The Kier molecular flexibility index (Phi) is 7.23. The van der Waals surface area contributed by atoms with Crippen molar-refractivity contribution in [2.75, 3.05) is 44.4 Å². The van der Waals surface area contributed by atoms with Crippen LogP contribution in [0.1, 0.15) is 31.7 Å². The minimum Gasteiger partial charge on any atom is -0.494 e. The Hall–Kier alpha value is -1.24. The smallest absolute Gasteiger partial charge is 0.221 e. The van der Waals surface area contributed by atoms with Crippen LogP contribution in [0.2, 0.25) is 0 Å². The predicted octanol–water partition coefficient (Wildman–Crippen LogP) is 2.34. The van der Waals surface area contributed by atoms with E-state index in [9.17, 15) is 4.79 Å². The topological polar surface area (TPSA) is 59.6 Å². The summed E-state index contributed by atoms with van der Waals surface area (Å²) in [5.41, 5.74) is 1.21. The summed E-state index contributed by atoms with van der Waals surface area (Å²) in [6, 6.07) is 8.64. The van der Waals surface area contributed by atoms with Crippen LogP contribution >= 0.6 is 11.8 Å². The van der Waals surface area contributed by atoms with Gasteiger partial charge >= 0.3 is 0 Å². The maximum Gasteiger partial charge on any atom is 0.221 e. The van der Waals surface area contributed by atoms with Crippen LogP contribution in [0, 0.1) is 0 Å². The molecule has 1 atom stereocenters. The molecule has 3 rings (SSSR count). The zero-order valence-corrected chi connectivity index (χ0v) is 16.4. The van der Waals surface area contributed by atoms with Crippen LogP contribution in [-0.2, 0) is 14.9 Å². The van der Waals surface area contributed by atoms with Gasteiger partial charge in [-0.15, -0.1) is 0 Å². The number of benzene rings is 1. The SMILES string of the molecule is CCOc1ccc(C2(CNC(=O)CC3CSCCN3)CCOCC2)cc1. The number of ether oxygens (including phenoxy) is 2. The normalized spacial score (nSPS) is 22.6. The van der Waals surface area contributed by atoms with Crippen LogP contribution in [-0.4, -0.2) is 56.4 Å². The summed E-state index contributed by atoms with van der Waals surface area (Å²) in [5.74, 6) is 3.19. The van der Waals surface area contributed by atoms with Crippen molar-refractivity contribution in [3.05, 3.63) is 29.8 Å². The van der Waals surface area contributed by atoms with Crippen LogP contribution in [0.25, 0.3) is 0 Å². The van der Waals surface area contributed by atoms with Crippen molar-refractivity contribution >= 4 is 17.7 Å². The molecule has 0 spiro atoms. The number of rotatable bonds is 7. The first-order valence-corrected chi connectivity index (χ1v) is 10.8. The molecule has 144 valence electrons. The van der Waals surface area contributed by atoms with E-state index in [4.69, 9.17) is 9.47 Å². The molecule has 26 heavy (non-hydrogen) atoms. The number of carbonyl (C=O) groups is 1. The van der Waals surface area contributed by atoms with E-state index in [1.165, 1.54) is 5.56 Å². The van der Waals surface area contributed by atoms with E-state index >= 15 is 0 Å². The largest absolute Gasteiger partial charge is 0.494 e. The molecule has 2 heterocycles. The average Bonchev–Trinajstić information content (AvgIpc) is 2.69. The molecule has 1 amide bonds. The Morgan fingerprint density at radius 2 is 2.12 bits per heavy atom. The fourth-order valence-corrected chi connectivity index (χ4v) is 4.66. The highest BCUT2D eigenvalue weighted by atomic mass is 32.2. The minimum atomic E-state index is -0.0482. The highest BCUT2D eigenvalue weighted by molar-refractivity contribution is 7.99. The van der Waals surface area contributed by atoms with Crippen LogP contribution in [0.15, 0.2) is 24.3 Å². The van der Waals surface area contributed by atoms with Crippen molar-refractivity contribution in [2.45, 2.75) is 37.6 Å². The van der Waals surface area contributed by atoms with Gasteiger partial charge in [0.1, 0.15) is 5.75 Å². The molecule has 2 aliphatic rings. The standard InChI is InChI=1S/C20H30N2O3S/c1-2-25-18-5-3-16(4-6-18)20(7-10-24-11-8-20)15-22-19(23)13-17-14-26-12-9-21-17/h3-6,17,21H,2,7-15H2,1H3,(H,22,23). The molecule has 6 heteroatoms. The summed E-state index contributed by atoms with van der Waals surface area (Å²) >= 11 is 1.92. The van der Waals surface area contributed by atoms with Crippen LogP contribution in [0.5, 0.6) is 5.75 Å². The number of hydrogen-bond donors (Lipinski definition) is 2. The number of amides is 1. The Morgan fingerprint density at radius 1 is 1.35 bits per heavy atom. The Balaban J connectivity index is 1.62. The predicted molar refractivity (Wildman–Crippen MR) is 106 cm³/mol. The molecule has 2 saturated heterocycles. The Labute approximate surface area is 160 Å². The van der Waals surface area contributed by atoms with Crippen molar-refractivity contribution in [3.63, 3.8) is 0 Å². The Morgan fingerprint density at radius 3 is 2.77 bits per heavy atom. The molecule has 2 aliphatic heterocycles. The van der Waals surface area contributed by atoms with Gasteiger partial charge in [0.25, 0.3) is 0 Å². The fraction of sp³-hybridized carbons (Fsp3) is 0.650. The molecule has 1 aromatic carbocycles. The highest BCUT2D eigenvalue weighted by Crippen LogP contribution is 2.35. The lowest BCUT2D eigenvalue weighted by Crippen LogP contribution is -2.47. The fourth-order valence-electron chi connectivity index (χ4n) is 3.72. The van der Waals surface area contributed by atoms with Gasteiger partial charge in [-0.3, -0.25) is 4.79 Å². The lowest BCUT2D eigenvalue weighted by atomic mass is 9.74. The van der Waals surface area contributed by atoms with Crippen molar-refractivity contribution in [3.8, 4) is 5.75 Å². The first-order chi connectivity index (χ1) is 12.7. The molecule has 2 N–H and O–H groups in total. The number of nitrogens with one attached hydrogen (secondary N) is 2. The molecule has 0 saturated carbocycles. The van der Waals surface area contributed by atoms with Gasteiger partial charge in [0.05, 0.1) is 6.61 Å². The van der Waals surface area contributed by atoms with Crippen molar-refractivity contribution in [2.24, 2.45) is 0 Å². The summed E-state index contributed by atoms with van der Waals surface area (Å²) in [5, 5.41) is 6.64. The zero-order chi connectivity index (χ0) is 18.2. The van der Waals surface area contributed by atoms with Gasteiger partial charge < -0.3 is 20.1 Å². The molecular formula is C20H30N2O3S. The second kappa shape index (κ2) is 9.62. The van der Waals surface area contributed by atoms with Gasteiger partial charge in [-0.25, -0.2) is 0 Å². The third kappa shape index (κ3) is 5.15. The van der Waals surface area contributed by atoms with Gasteiger partial charge in [-0.1, -0.05) is 12.1 Å². The number of hydrogen-bond acceptors (Lipinski definition) is 5. The molecule has 0 radical (unpaired) electrons. The first kappa shape index (κ1) is 19.5. The van der Waals surface area contributed by atoms with E-state index in [-0.39, 0.29) is 11.3 Å². The number of carbonyl (C=O) groups excluding carboxylic acids is 1. The lowest BCUT2D eigenvalue weighted by Gasteiger charge is -2.38. The zero-order valence-electron chi connectivity index (χ0n) is 15.6. The second-order valence-electron chi connectivity index (χ2n) is 7.06. The summed E-state index contributed by atoms with van der Waals surface area (Å²) in [7, 11) is 0. The molecule has 1 aromatic rings. The average molecular weight is 379 g/mol. The van der Waals surface area contributed by atoms with Crippen molar-refractivity contribution < 1.29 is 14.3 Å². The van der Waals surface area contributed by atoms with Crippen LogP contribution in [0.3, 0.4) is 0 Å². The Bertz CT molecular complexity index is 567. The summed E-state index contributed by atoms with van der Waals surface area (Å²) in [6.45, 7) is 5.80. The van der Waals surface area contributed by atoms with E-state index in [1.54, 1.807) is 0 Å². The van der Waals surface area contributed by atoms with Gasteiger partial charge in [0.2, 0.25) is 5.91 Å². The summed E-state index contributed by atoms with van der Waals surface area (Å²) in [6.07, 6.45) is 2.42. The molecule has 2 fully saturated rings. The molecule has 0 bridgehead atoms. The van der Waals surface area contributed by atoms with E-state index in [1.807, 2.05) is 30.8 Å². The summed E-state index contributed by atoms with van der Waals surface area (Å²) < 4.78 is 11.1. The van der Waals surface area contributed by atoms with Gasteiger partial charge in [-0.2, -0.15) is 11.8 Å². The van der Waals surface area contributed by atoms with E-state index in [0.717, 1.165) is 49.9 Å². The molecule has 0 aromatic heterocycles. The monoisotopic (exact) mass is 378 g/mol. The highest BCUT2D eigenvalue weighted by Gasteiger charge is 2.35. The third-order valence-corrected chi connectivity index (χ3v) is 6.41. The maximum atomic E-state index is 12.5. The van der Waals surface area contributed by atoms with Crippen molar-refractivity contribution in [1.29, 1.82) is 0 Å². The third-order valence-electron chi connectivity index (χ3n) is 5.28. The molecule has 0 aliphatic carbocycles.